The summed E-state index contributed by atoms with van der Waals surface area (Å²) in [6.07, 6.45) is 3.42. The minimum Gasteiger partial charge on any atom is -0.383 e. The summed E-state index contributed by atoms with van der Waals surface area (Å²) in [5, 5.41) is 0.808. The van der Waals surface area contributed by atoms with Crippen molar-refractivity contribution in [3.8, 4) is 11.8 Å². The number of hydrogen-bond donors (Lipinski definition) is 2. The highest BCUT2D eigenvalue weighted by Crippen LogP contribution is 2.25. The van der Waals surface area contributed by atoms with E-state index in [-0.39, 0.29) is 0 Å². The molecule has 0 saturated carbocycles. The van der Waals surface area contributed by atoms with Gasteiger partial charge in [0.15, 0.2) is 0 Å². The van der Waals surface area contributed by atoms with Crippen LogP contribution in [-0.4, -0.2) is 21.1 Å². The molecule has 0 aliphatic heterocycles. The highest BCUT2D eigenvalue weighted by Gasteiger charge is 2.13. The Labute approximate surface area is 99.8 Å². The minimum atomic E-state index is 0.292. The quantitative estimate of drug-likeness (QED) is 0.712. The fourth-order valence-electron chi connectivity index (χ4n) is 1.74. The molecule has 2 rings (SSSR count). The van der Waals surface area contributed by atoms with Gasteiger partial charge in [-0.15, -0.1) is 0 Å². The fourth-order valence-corrected chi connectivity index (χ4v) is 1.74. The van der Waals surface area contributed by atoms with Crippen molar-refractivity contribution in [3.63, 3.8) is 0 Å². The van der Waals surface area contributed by atoms with Gasteiger partial charge < -0.3 is 16.0 Å². The second-order valence-electron chi connectivity index (χ2n) is 4.01. The Hall–Kier alpha value is -2.06. The van der Waals surface area contributed by atoms with Gasteiger partial charge in [0, 0.05) is 12.2 Å². The Morgan fingerprint density at radius 2 is 2.18 bits per heavy atom. The van der Waals surface area contributed by atoms with Crippen molar-refractivity contribution in [1.29, 1.82) is 0 Å². The second-order valence-corrected chi connectivity index (χ2v) is 4.01. The maximum atomic E-state index is 5.88. The van der Waals surface area contributed by atoms with Crippen molar-refractivity contribution in [2.45, 2.75) is 19.9 Å². The standard InChI is InChI=1S/C12H15N5/c1-8(2)17-6-9(4-3-5-13)10-11(14)15-7-16-12(10)17/h6-8H,5,13H2,1-2H3,(H2,14,15,16). The van der Waals surface area contributed by atoms with E-state index in [1.165, 1.54) is 6.33 Å². The van der Waals surface area contributed by atoms with Crippen molar-refractivity contribution in [2.75, 3.05) is 12.3 Å². The third kappa shape index (κ3) is 1.95. The molecule has 0 unspecified atom stereocenters. The smallest absolute Gasteiger partial charge is 0.147 e. The fraction of sp³-hybridized carbons (Fsp3) is 0.333. The summed E-state index contributed by atoms with van der Waals surface area (Å²) in [4.78, 5) is 8.27. The maximum absolute atomic E-state index is 5.88. The maximum Gasteiger partial charge on any atom is 0.147 e. The monoisotopic (exact) mass is 229 g/mol. The van der Waals surface area contributed by atoms with E-state index in [4.69, 9.17) is 11.5 Å². The van der Waals surface area contributed by atoms with E-state index in [0.717, 1.165) is 16.6 Å². The van der Waals surface area contributed by atoms with Crippen molar-refractivity contribution in [1.82, 2.24) is 14.5 Å². The molecule has 0 bridgehead atoms. The van der Waals surface area contributed by atoms with Crippen LogP contribution in [0.4, 0.5) is 5.82 Å². The Balaban J connectivity index is 2.76. The largest absolute Gasteiger partial charge is 0.383 e. The molecule has 88 valence electrons. The molecular formula is C12H15N5. The highest BCUT2D eigenvalue weighted by molar-refractivity contribution is 5.92. The molecule has 0 aromatic carbocycles. The molecule has 2 aromatic rings. The Bertz CT molecular complexity index is 600. The van der Waals surface area contributed by atoms with Crippen LogP contribution < -0.4 is 11.5 Å². The molecule has 17 heavy (non-hydrogen) atoms. The van der Waals surface area contributed by atoms with E-state index < -0.39 is 0 Å². The van der Waals surface area contributed by atoms with Gasteiger partial charge in [0.2, 0.25) is 0 Å². The van der Waals surface area contributed by atoms with Crippen molar-refractivity contribution >= 4 is 16.9 Å². The van der Waals surface area contributed by atoms with E-state index in [9.17, 15) is 0 Å². The molecule has 0 atom stereocenters. The number of anilines is 1. The molecule has 0 fully saturated rings. The Morgan fingerprint density at radius 1 is 1.41 bits per heavy atom. The van der Waals surface area contributed by atoms with E-state index in [0.29, 0.717) is 18.4 Å². The zero-order chi connectivity index (χ0) is 12.4. The van der Waals surface area contributed by atoms with Crippen LogP contribution in [0.2, 0.25) is 0 Å². The van der Waals surface area contributed by atoms with Gasteiger partial charge in [-0.1, -0.05) is 11.8 Å². The topological polar surface area (TPSA) is 82.8 Å². The number of nitrogen functional groups attached to an aromatic ring is 1. The molecule has 2 aromatic heterocycles. The van der Waals surface area contributed by atoms with Crippen LogP contribution in [0.25, 0.3) is 11.0 Å². The summed E-state index contributed by atoms with van der Waals surface area (Å²) in [6, 6.07) is 0.292. The van der Waals surface area contributed by atoms with Crippen LogP contribution in [0.5, 0.6) is 0 Å². The van der Waals surface area contributed by atoms with Crippen LogP contribution in [0.15, 0.2) is 12.5 Å². The van der Waals surface area contributed by atoms with Crippen LogP contribution in [0.1, 0.15) is 25.5 Å². The summed E-state index contributed by atoms with van der Waals surface area (Å²) in [5.41, 5.74) is 12.9. The Morgan fingerprint density at radius 3 is 2.82 bits per heavy atom. The SMILES string of the molecule is CC(C)n1cc(C#CCN)c2c(N)ncnc21. The first kappa shape index (κ1) is 11.4. The third-order valence-corrected chi connectivity index (χ3v) is 2.52. The lowest BCUT2D eigenvalue weighted by Crippen LogP contribution is -2.00. The van der Waals surface area contributed by atoms with Gasteiger partial charge in [0.1, 0.15) is 17.8 Å². The van der Waals surface area contributed by atoms with Crippen LogP contribution in [-0.2, 0) is 0 Å². The minimum absolute atomic E-state index is 0.292. The van der Waals surface area contributed by atoms with E-state index in [1.54, 1.807) is 0 Å². The summed E-state index contributed by atoms with van der Waals surface area (Å²) in [6.45, 7) is 4.48. The van der Waals surface area contributed by atoms with Gasteiger partial charge in [-0.3, -0.25) is 0 Å². The Kier molecular flexibility index (Phi) is 2.98. The van der Waals surface area contributed by atoms with E-state index >= 15 is 0 Å². The van der Waals surface area contributed by atoms with Gasteiger partial charge in [0.25, 0.3) is 0 Å². The third-order valence-electron chi connectivity index (χ3n) is 2.52. The summed E-state index contributed by atoms with van der Waals surface area (Å²) in [7, 11) is 0. The molecule has 0 amide bonds. The average Bonchev–Trinajstić information content (AvgIpc) is 2.67. The second kappa shape index (κ2) is 4.44. The molecule has 0 aliphatic carbocycles. The average molecular weight is 229 g/mol. The molecule has 0 saturated heterocycles. The summed E-state index contributed by atoms with van der Waals surface area (Å²) >= 11 is 0. The van der Waals surface area contributed by atoms with Gasteiger partial charge in [-0.2, -0.15) is 0 Å². The number of aromatic nitrogens is 3. The predicted molar refractivity (Wildman–Crippen MR) is 68.3 cm³/mol. The molecule has 0 spiro atoms. The molecule has 4 N–H and O–H groups in total. The highest BCUT2D eigenvalue weighted by atomic mass is 15.1. The van der Waals surface area contributed by atoms with Gasteiger partial charge in [-0.05, 0) is 13.8 Å². The van der Waals surface area contributed by atoms with Crippen LogP contribution in [0.3, 0.4) is 0 Å². The number of rotatable bonds is 1. The molecule has 5 nitrogen and oxygen atoms in total. The van der Waals surface area contributed by atoms with Gasteiger partial charge in [-0.25, -0.2) is 9.97 Å². The zero-order valence-electron chi connectivity index (χ0n) is 9.94. The van der Waals surface area contributed by atoms with Gasteiger partial charge in [0.05, 0.1) is 17.5 Å². The van der Waals surface area contributed by atoms with Crippen molar-refractivity contribution in [2.24, 2.45) is 5.73 Å². The molecular weight excluding hydrogens is 214 g/mol. The van der Waals surface area contributed by atoms with Crippen molar-refractivity contribution < 1.29 is 0 Å². The summed E-state index contributed by atoms with van der Waals surface area (Å²) in [5.74, 6) is 6.29. The van der Waals surface area contributed by atoms with Gasteiger partial charge >= 0.3 is 0 Å². The van der Waals surface area contributed by atoms with Crippen LogP contribution in [0, 0.1) is 11.8 Å². The normalized spacial score (nSPS) is 10.6. The molecule has 0 radical (unpaired) electrons. The lowest BCUT2D eigenvalue weighted by molar-refractivity contribution is 0.617. The number of nitrogens with zero attached hydrogens (tertiary/aromatic N) is 3. The predicted octanol–water partition coefficient (Wildman–Crippen LogP) is 0.905. The number of fused-ring (bicyclic) bond motifs is 1. The first-order valence-electron chi connectivity index (χ1n) is 5.45. The lowest BCUT2D eigenvalue weighted by Gasteiger charge is -2.07. The molecule has 0 aliphatic rings. The first-order valence-corrected chi connectivity index (χ1v) is 5.45. The number of hydrogen-bond acceptors (Lipinski definition) is 4. The lowest BCUT2D eigenvalue weighted by atomic mass is 10.2. The number of nitrogens with two attached hydrogens (primary N) is 2. The van der Waals surface area contributed by atoms with Crippen LogP contribution >= 0.6 is 0 Å². The summed E-state index contributed by atoms with van der Waals surface area (Å²) < 4.78 is 2.04. The van der Waals surface area contributed by atoms with E-state index in [2.05, 4.69) is 35.7 Å². The molecule has 5 heteroatoms. The first-order chi connectivity index (χ1) is 8.15. The molecule has 2 heterocycles. The van der Waals surface area contributed by atoms with E-state index in [1.807, 2.05) is 10.8 Å². The zero-order valence-corrected chi connectivity index (χ0v) is 9.94. The van der Waals surface area contributed by atoms with Crippen molar-refractivity contribution in [3.05, 3.63) is 18.1 Å².